The van der Waals surface area contributed by atoms with Gasteiger partial charge in [-0.1, -0.05) is 44.5 Å². The van der Waals surface area contributed by atoms with E-state index >= 15 is 0 Å². The molecule has 0 saturated heterocycles. The van der Waals surface area contributed by atoms with Crippen LogP contribution in [-0.2, 0) is 18.6 Å². The van der Waals surface area contributed by atoms with E-state index < -0.39 is 0 Å². The second-order valence-electron chi connectivity index (χ2n) is 10.5. The van der Waals surface area contributed by atoms with Crippen LogP contribution >= 0.6 is 0 Å². The standard InChI is InChI=1S/C28H35FN6O/c1-7-28(5,6)35-26(31-32-33-35)25(18(2)3)34(16-20-9-11-23(29)12-10-20)17-22-15-21-14-19(4)8-13-24(21)30-27(22)36/h8-15,18,25H,7,16-17H2,1-6H3,(H,30,36)/t25-/m0/s1. The zero-order valence-corrected chi connectivity index (χ0v) is 21.9. The molecule has 2 aromatic carbocycles. The number of aryl methyl sites for hydroxylation is 1. The molecule has 8 heteroatoms. The highest BCUT2D eigenvalue weighted by molar-refractivity contribution is 5.79. The van der Waals surface area contributed by atoms with Crippen molar-refractivity contribution in [2.24, 2.45) is 5.92 Å². The Kier molecular flexibility index (Phi) is 7.36. The van der Waals surface area contributed by atoms with Crippen molar-refractivity contribution < 1.29 is 4.39 Å². The maximum atomic E-state index is 13.6. The highest BCUT2D eigenvalue weighted by Crippen LogP contribution is 2.33. The maximum Gasteiger partial charge on any atom is 0.252 e. The molecule has 0 aliphatic rings. The van der Waals surface area contributed by atoms with Gasteiger partial charge in [0.05, 0.1) is 11.6 Å². The van der Waals surface area contributed by atoms with E-state index in [-0.39, 0.29) is 28.9 Å². The van der Waals surface area contributed by atoms with Gasteiger partial charge in [-0.25, -0.2) is 9.07 Å². The van der Waals surface area contributed by atoms with Crippen molar-refractivity contribution in [3.05, 3.63) is 87.2 Å². The molecule has 1 atom stereocenters. The number of hydrogen-bond donors (Lipinski definition) is 1. The van der Waals surface area contributed by atoms with Crippen LogP contribution in [0, 0.1) is 18.7 Å². The Balaban J connectivity index is 1.81. The molecular formula is C28H35FN6O. The summed E-state index contributed by atoms with van der Waals surface area (Å²) < 4.78 is 15.6. The first kappa shape index (κ1) is 25.7. The fourth-order valence-electron chi connectivity index (χ4n) is 4.63. The molecule has 4 aromatic rings. The van der Waals surface area contributed by atoms with Crippen LogP contribution in [0.5, 0.6) is 0 Å². The minimum Gasteiger partial charge on any atom is -0.322 e. The van der Waals surface area contributed by atoms with Crippen LogP contribution in [0.3, 0.4) is 0 Å². The van der Waals surface area contributed by atoms with Crippen molar-refractivity contribution in [1.82, 2.24) is 30.1 Å². The van der Waals surface area contributed by atoms with Crippen molar-refractivity contribution in [2.45, 2.75) is 72.6 Å². The highest BCUT2D eigenvalue weighted by atomic mass is 19.1. The molecule has 0 spiro atoms. The van der Waals surface area contributed by atoms with Crippen LogP contribution < -0.4 is 5.56 Å². The van der Waals surface area contributed by atoms with E-state index in [2.05, 4.69) is 66.1 Å². The van der Waals surface area contributed by atoms with Crippen LogP contribution in [0.4, 0.5) is 4.39 Å². The first-order chi connectivity index (χ1) is 17.1. The number of nitrogens with one attached hydrogen (secondary N) is 1. The number of pyridine rings is 1. The van der Waals surface area contributed by atoms with Crippen LogP contribution in [0.15, 0.2) is 53.3 Å². The van der Waals surface area contributed by atoms with Crippen molar-refractivity contribution in [3.8, 4) is 0 Å². The molecule has 1 N–H and O–H groups in total. The Bertz CT molecular complexity index is 1390. The van der Waals surface area contributed by atoms with Gasteiger partial charge in [-0.2, -0.15) is 0 Å². The lowest BCUT2D eigenvalue weighted by atomic mass is 9.97. The third-order valence-corrected chi connectivity index (χ3v) is 6.97. The zero-order valence-electron chi connectivity index (χ0n) is 21.9. The fourth-order valence-corrected chi connectivity index (χ4v) is 4.63. The Morgan fingerprint density at radius 3 is 2.47 bits per heavy atom. The molecule has 0 fully saturated rings. The molecule has 0 amide bonds. The molecule has 0 aliphatic heterocycles. The van der Waals surface area contributed by atoms with E-state index in [4.69, 9.17) is 0 Å². The number of rotatable bonds is 9. The van der Waals surface area contributed by atoms with Gasteiger partial charge in [0.15, 0.2) is 5.82 Å². The van der Waals surface area contributed by atoms with Crippen LogP contribution in [0.1, 0.15) is 69.6 Å². The highest BCUT2D eigenvalue weighted by Gasteiger charge is 2.33. The number of tetrazole rings is 1. The molecule has 2 heterocycles. The third kappa shape index (κ3) is 5.38. The largest absolute Gasteiger partial charge is 0.322 e. The quantitative estimate of drug-likeness (QED) is 0.335. The van der Waals surface area contributed by atoms with Crippen molar-refractivity contribution >= 4 is 10.9 Å². The van der Waals surface area contributed by atoms with Crippen LogP contribution in [-0.4, -0.2) is 30.1 Å². The summed E-state index contributed by atoms with van der Waals surface area (Å²) in [4.78, 5) is 18.4. The Hall–Kier alpha value is -3.39. The molecule has 0 aliphatic carbocycles. The molecular weight excluding hydrogens is 455 g/mol. The van der Waals surface area contributed by atoms with Crippen molar-refractivity contribution in [1.29, 1.82) is 0 Å². The summed E-state index contributed by atoms with van der Waals surface area (Å²) in [6, 6.07) is 14.3. The lowest BCUT2D eigenvalue weighted by molar-refractivity contribution is 0.117. The third-order valence-electron chi connectivity index (χ3n) is 6.97. The van der Waals surface area contributed by atoms with Crippen molar-refractivity contribution in [3.63, 3.8) is 0 Å². The van der Waals surface area contributed by atoms with Gasteiger partial charge < -0.3 is 4.98 Å². The summed E-state index contributed by atoms with van der Waals surface area (Å²) >= 11 is 0. The molecule has 2 aromatic heterocycles. The van der Waals surface area contributed by atoms with Gasteiger partial charge >= 0.3 is 0 Å². The van der Waals surface area contributed by atoms with Crippen LogP contribution in [0.2, 0.25) is 0 Å². The number of H-pyrrole nitrogens is 1. The lowest BCUT2D eigenvalue weighted by Crippen LogP contribution is -2.38. The molecule has 4 rings (SSSR count). The predicted molar refractivity (Wildman–Crippen MR) is 140 cm³/mol. The SMILES string of the molecule is CCC(C)(C)n1nnnc1[C@H](C(C)C)N(Cc1ccc(F)cc1)Cc1cc2cc(C)ccc2[nH]c1=O. The van der Waals surface area contributed by atoms with Gasteiger partial charge in [0.25, 0.3) is 5.56 Å². The van der Waals surface area contributed by atoms with E-state index in [1.807, 2.05) is 29.8 Å². The number of fused-ring (bicyclic) bond motifs is 1. The number of benzene rings is 2. The minimum absolute atomic E-state index is 0.119. The second kappa shape index (κ2) is 10.3. The van der Waals surface area contributed by atoms with E-state index in [0.717, 1.165) is 34.3 Å². The zero-order chi connectivity index (χ0) is 26.0. The van der Waals surface area contributed by atoms with E-state index in [9.17, 15) is 9.18 Å². The number of aromatic amines is 1. The number of aromatic nitrogens is 5. The lowest BCUT2D eigenvalue weighted by Gasteiger charge is -2.35. The van der Waals surface area contributed by atoms with Gasteiger partial charge in [0, 0.05) is 24.2 Å². The van der Waals surface area contributed by atoms with E-state index in [0.29, 0.717) is 18.7 Å². The normalized spacial score (nSPS) is 13.1. The second-order valence-corrected chi connectivity index (χ2v) is 10.5. The summed E-state index contributed by atoms with van der Waals surface area (Å²) in [5.74, 6) is 0.623. The maximum absolute atomic E-state index is 13.6. The Labute approximate surface area is 211 Å². The van der Waals surface area contributed by atoms with Gasteiger partial charge in [-0.15, -0.1) is 5.10 Å². The molecule has 0 saturated carbocycles. The van der Waals surface area contributed by atoms with Gasteiger partial charge in [0.1, 0.15) is 5.82 Å². The molecule has 36 heavy (non-hydrogen) atoms. The monoisotopic (exact) mass is 490 g/mol. The summed E-state index contributed by atoms with van der Waals surface area (Å²) in [5.41, 5.74) is 3.16. The smallest absolute Gasteiger partial charge is 0.252 e. The average Bonchev–Trinajstić information content (AvgIpc) is 3.31. The van der Waals surface area contributed by atoms with E-state index in [1.165, 1.54) is 12.1 Å². The van der Waals surface area contributed by atoms with Gasteiger partial charge in [0.2, 0.25) is 0 Å². The molecule has 0 bridgehead atoms. The minimum atomic E-state index is -0.277. The number of halogens is 1. The first-order valence-electron chi connectivity index (χ1n) is 12.5. The molecule has 0 radical (unpaired) electrons. The summed E-state index contributed by atoms with van der Waals surface area (Å²) in [5, 5.41) is 13.8. The summed E-state index contributed by atoms with van der Waals surface area (Å²) in [7, 11) is 0. The van der Waals surface area contributed by atoms with E-state index in [1.54, 1.807) is 12.1 Å². The average molecular weight is 491 g/mol. The summed E-state index contributed by atoms with van der Waals surface area (Å²) in [6.07, 6.45) is 0.859. The fraction of sp³-hybridized carbons (Fsp3) is 0.429. The predicted octanol–water partition coefficient (Wildman–Crippen LogP) is 5.51. The van der Waals surface area contributed by atoms with Crippen molar-refractivity contribution in [2.75, 3.05) is 0 Å². The van der Waals surface area contributed by atoms with Crippen LogP contribution in [0.25, 0.3) is 10.9 Å². The molecule has 190 valence electrons. The van der Waals surface area contributed by atoms with Gasteiger partial charge in [-0.3, -0.25) is 9.69 Å². The Morgan fingerprint density at radius 2 is 1.81 bits per heavy atom. The summed E-state index contributed by atoms with van der Waals surface area (Å²) in [6.45, 7) is 13.5. The molecule has 0 unspecified atom stereocenters. The van der Waals surface area contributed by atoms with Gasteiger partial charge in [-0.05, 0) is 84.8 Å². The molecule has 7 nitrogen and oxygen atoms in total. The topological polar surface area (TPSA) is 79.7 Å². The first-order valence-corrected chi connectivity index (χ1v) is 12.5. The number of hydrogen-bond acceptors (Lipinski definition) is 5. The Morgan fingerprint density at radius 1 is 1.08 bits per heavy atom. The number of nitrogens with zero attached hydrogens (tertiary/aromatic N) is 5.